The first-order chi connectivity index (χ1) is 8.34. The molecule has 3 rings (SSSR count). The number of rotatable bonds is 1. The van der Waals surface area contributed by atoms with Crippen LogP contribution in [0.25, 0.3) is 0 Å². The Morgan fingerprint density at radius 3 is 2.94 bits per heavy atom. The molecule has 1 aromatic carbocycles. The highest BCUT2D eigenvalue weighted by atomic mass is 16.2. The van der Waals surface area contributed by atoms with Gasteiger partial charge in [-0.25, -0.2) is 4.79 Å². The fourth-order valence-electron chi connectivity index (χ4n) is 2.82. The summed E-state index contributed by atoms with van der Waals surface area (Å²) in [7, 11) is 0. The Labute approximate surface area is 101 Å². The minimum Gasteiger partial charge on any atom is -0.320 e. The third kappa shape index (κ3) is 2.00. The van der Waals surface area contributed by atoms with Crippen molar-refractivity contribution in [3.8, 4) is 0 Å². The van der Waals surface area contributed by atoms with Crippen LogP contribution in [0.1, 0.15) is 6.42 Å². The molecule has 1 aromatic rings. The number of likely N-dealkylation sites (tertiary alicyclic amines) is 1. The molecule has 17 heavy (non-hydrogen) atoms. The minimum absolute atomic E-state index is 0.0346. The van der Waals surface area contributed by atoms with E-state index in [4.69, 9.17) is 0 Å². The third-order valence-electron chi connectivity index (χ3n) is 3.73. The van der Waals surface area contributed by atoms with Crippen molar-refractivity contribution in [2.75, 3.05) is 25.0 Å². The number of fused-ring (bicyclic) bond motifs is 1. The highest BCUT2D eigenvalue weighted by Gasteiger charge is 2.39. The molecule has 2 N–H and O–H groups in total. The molecular weight excluding hydrogens is 214 g/mol. The summed E-state index contributed by atoms with van der Waals surface area (Å²) >= 11 is 0. The van der Waals surface area contributed by atoms with Gasteiger partial charge in [0.1, 0.15) is 0 Å². The zero-order valence-corrected chi connectivity index (χ0v) is 9.73. The summed E-state index contributed by atoms with van der Waals surface area (Å²) in [4.78, 5) is 14.1. The van der Waals surface area contributed by atoms with Gasteiger partial charge in [-0.1, -0.05) is 18.2 Å². The summed E-state index contributed by atoms with van der Waals surface area (Å²) in [6, 6.07) is 10.1. The van der Waals surface area contributed by atoms with Crippen LogP contribution >= 0.6 is 0 Å². The summed E-state index contributed by atoms with van der Waals surface area (Å²) in [6.07, 6.45) is 1.12. The Balaban J connectivity index is 1.67. The lowest BCUT2D eigenvalue weighted by molar-refractivity contribution is 0.206. The molecule has 0 bridgehead atoms. The predicted octanol–water partition coefficient (Wildman–Crippen LogP) is 1.51. The van der Waals surface area contributed by atoms with Gasteiger partial charge < -0.3 is 15.5 Å². The number of carbonyl (C=O) groups is 1. The number of hydrogen-bond acceptors (Lipinski definition) is 2. The Kier molecular flexibility index (Phi) is 2.73. The minimum atomic E-state index is 0.0346. The van der Waals surface area contributed by atoms with Crippen LogP contribution in [0.2, 0.25) is 0 Å². The second-order valence-corrected chi connectivity index (χ2v) is 4.76. The van der Waals surface area contributed by atoms with Gasteiger partial charge in [0.2, 0.25) is 0 Å². The molecule has 4 nitrogen and oxygen atoms in total. The summed E-state index contributed by atoms with van der Waals surface area (Å²) in [5.41, 5.74) is 0.868. The Bertz CT molecular complexity index is 406. The smallest absolute Gasteiger partial charge is 0.320 e. The van der Waals surface area contributed by atoms with Crippen LogP contribution in [0.4, 0.5) is 10.5 Å². The van der Waals surface area contributed by atoms with E-state index < -0.39 is 0 Å². The van der Waals surface area contributed by atoms with Crippen molar-refractivity contribution in [1.82, 2.24) is 10.2 Å². The maximum atomic E-state index is 12.1. The molecule has 2 heterocycles. The molecule has 2 aliphatic rings. The van der Waals surface area contributed by atoms with Gasteiger partial charge in [0.15, 0.2) is 0 Å². The van der Waals surface area contributed by atoms with Gasteiger partial charge in [0, 0.05) is 31.4 Å². The molecule has 2 aliphatic heterocycles. The van der Waals surface area contributed by atoms with Crippen molar-refractivity contribution in [3.05, 3.63) is 30.3 Å². The molecule has 0 spiro atoms. The standard InChI is InChI=1S/C13H17N3O/c17-13(15-11-4-2-1-3-5-11)16-7-6-10-8-14-9-12(10)16/h1-5,10,12,14H,6-9H2,(H,15,17)/t10-,12+/m1/s1. The highest BCUT2D eigenvalue weighted by Crippen LogP contribution is 2.27. The monoisotopic (exact) mass is 231 g/mol. The topological polar surface area (TPSA) is 44.4 Å². The lowest BCUT2D eigenvalue weighted by Crippen LogP contribution is -2.41. The predicted molar refractivity (Wildman–Crippen MR) is 66.9 cm³/mol. The van der Waals surface area contributed by atoms with Crippen LogP contribution in [-0.2, 0) is 0 Å². The number of carbonyl (C=O) groups excluding carboxylic acids is 1. The van der Waals surface area contributed by atoms with Crippen molar-refractivity contribution >= 4 is 11.7 Å². The number of hydrogen-bond donors (Lipinski definition) is 2. The zero-order valence-electron chi connectivity index (χ0n) is 9.73. The highest BCUT2D eigenvalue weighted by molar-refractivity contribution is 5.89. The molecule has 2 saturated heterocycles. The molecule has 0 unspecified atom stereocenters. The van der Waals surface area contributed by atoms with Crippen molar-refractivity contribution in [1.29, 1.82) is 0 Å². The molecule has 0 saturated carbocycles. The van der Waals surface area contributed by atoms with Crippen molar-refractivity contribution in [2.45, 2.75) is 12.5 Å². The van der Waals surface area contributed by atoms with E-state index in [1.807, 2.05) is 35.2 Å². The fraction of sp³-hybridized carbons (Fsp3) is 0.462. The van der Waals surface area contributed by atoms with Crippen molar-refractivity contribution < 1.29 is 4.79 Å². The molecule has 90 valence electrons. The molecule has 0 aliphatic carbocycles. The first-order valence-corrected chi connectivity index (χ1v) is 6.18. The Morgan fingerprint density at radius 1 is 1.29 bits per heavy atom. The maximum absolute atomic E-state index is 12.1. The van der Waals surface area contributed by atoms with Gasteiger partial charge in [-0.15, -0.1) is 0 Å². The number of nitrogens with one attached hydrogen (secondary N) is 2. The SMILES string of the molecule is O=C(Nc1ccccc1)N1CC[C@@H]2CNC[C@@H]21. The van der Waals surface area contributed by atoms with E-state index >= 15 is 0 Å². The maximum Gasteiger partial charge on any atom is 0.322 e. The average molecular weight is 231 g/mol. The van der Waals surface area contributed by atoms with Gasteiger partial charge in [-0.05, 0) is 24.5 Å². The average Bonchev–Trinajstić information content (AvgIpc) is 2.91. The van der Waals surface area contributed by atoms with Crippen LogP contribution in [0.3, 0.4) is 0 Å². The number of nitrogens with zero attached hydrogens (tertiary/aromatic N) is 1. The molecule has 4 heteroatoms. The van der Waals surface area contributed by atoms with E-state index in [-0.39, 0.29) is 6.03 Å². The van der Waals surface area contributed by atoms with Crippen LogP contribution in [0, 0.1) is 5.92 Å². The largest absolute Gasteiger partial charge is 0.322 e. The quantitative estimate of drug-likeness (QED) is 0.769. The van der Waals surface area contributed by atoms with E-state index in [0.717, 1.165) is 31.7 Å². The van der Waals surface area contributed by atoms with Gasteiger partial charge in [-0.2, -0.15) is 0 Å². The summed E-state index contributed by atoms with van der Waals surface area (Å²) < 4.78 is 0. The lowest BCUT2D eigenvalue weighted by atomic mass is 10.1. The molecule has 0 aromatic heterocycles. The summed E-state index contributed by atoms with van der Waals surface area (Å²) in [6.45, 7) is 2.88. The molecule has 2 atom stereocenters. The van der Waals surface area contributed by atoms with E-state index in [1.165, 1.54) is 0 Å². The number of para-hydroxylation sites is 1. The number of amides is 2. The summed E-state index contributed by atoms with van der Waals surface area (Å²) in [5.74, 6) is 0.650. The second-order valence-electron chi connectivity index (χ2n) is 4.76. The van der Waals surface area contributed by atoms with E-state index in [2.05, 4.69) is 10.6 Å². The zero-order chi connectivity index (χ0) is 11.7. The van der Waals surface area contributed by atoms with Gasteiger partial charge in [0.05, 0.1) is 0 Å². The van der Waals surface area contributed by atoms with E-state index in [9.17, 15) is 4.79 Å². The van der Waals surface area contributed by atoms with Gasteiger partial charge in [0.25, 0.3) is 0 Å². The first kappa shape index (κ1) is 10.6. The normalized spacial score (nSPS) is 26.9. The van der Waals surface area contributed by atoms with Crippen molar-refractivity contribution in [3.63, 3.8) is 0 Å². The van der Waals surface area contributed by atoms with E-state index in [1.54, 1.807) is 0 Å². The Morgan fingerprint density at radius 2 is 2.12 bits per heavy atom. The van der Waals surface area contributed by atoms with Crippen LogP contribution in [-0.4, -0.2) is 36.6 Å². The molecule has 2 fully saturated rings. The lowest BCUT2D eigenvalue weighted by Gasteiger charge is -2.23. The van der Waals surface area contributed by atoms with Crippen LogP contribution in [0.5, 0.6) is 0 Å². The van der Waals surface area contributed by atoms with Gasteiger partial charge in [-0.3, -0.25) is 0 Å². The number of anilines is 1. The van der Waals surface area contributed by atoms with Crippen LogP contribution in [0.15, 0.2) is 30.3 Å². The van der Waals surface area contributed by atoms with Crippen LogP contribution < -0.4 is 10.6 Å². The first-order valence-electron chi connectivity index (χ1n) is 6.18. The molecule has 0 radical (unpaired) electrons. The van der Waals surface area contributed by atoms with Gasteiger partial charge >= 0.3 is 6.03 Å². The number of benzene rings is 1. The number of urea groups is 1. The summed E-state index contributed by atoms with van der Waals surface area (Å²) in [5, 5.41) is 6.31. The molecular formula is C13H17N3O. The Hall–Kier alpha value is -1.55. The third-order valence-corrected chi connectivity index (χ3v) is 3.73. The van der Waals surface area contributed by atoms with E-state index in [0.29, 0.717) is 12.0 Å². The second kappa shape index (κ2) is 4.37. The van der Waals surface area contributed by atoms with Crippen molar-refractivity contribution in [2.24, 2.45) is 5.92 Å². The molecule has 2 amide bonds. The fourth-order valence-corrected chi connectivity index (χ4v) is 2.82.